The van der Waals surface area contributed by atoms with Crippen molar-refractivity contribution in [2.24, 2.45) is 5.92 Å². The lowest BCUT2D eigenvalue weighted by molar-refractivity contribution is -0.141. The summed E-state index contributed by atoms with van der Waals surface area (Å²) < 4.78 is 11.1. The number of amides is 1. The van der Waals surface area contributed by atoms with E-state index in [2.05, 4.69) is 0 Å². The Labute approximate surface area is 148 Å². The molecule has 1 saturated heterocycles. The van der Waals surface area contributed by atoms with Gasteiger partial charge in [-0.3, -0.25) is 9.59 Å². The lowest BCUT2D eigenvalue weighted by Gasteiger charge is -2.18. The third-order valence-corrected chi connectivity index (χ3v) is 5.59. The Morgan fingerprint density at radius 2 is 1.92 bits per heavy atom. The van der Waals surface area contributed by atoms with Crippen LogP contribution in [0, 0.1) is 5.92 Å². The van der Waals surface area contributed by atoms with Crippen molar-refractivity contribution in [1.82, 2.24) is 4.90 Å². The molecule has 1 N–H and O–H groups in total. The third kappa shape index (κ3) is 3.07. The van der Waals surface area contributed by atoms with Crippen LogP contribution in [0.3, 0.4) is 0 Å². The van der Waals surface area contributed by atoms with Gasteiger partial charge in [0.15, 0.2) is 11.5 Å². The normalized spacial score (nSPS) is 19.0. The number of carbonyl (C=O) groups excluding carboxylic acids is 1. The molecule has 0 radical (unpaired) electrons. The summed E-state index contributed by atoms with van der Waals surface area (Å²) in [7, 11) is 0. The molecule has 1 atom stereocenters. The highest BCUT2D eigenvalue weighted by molar-refractivity contribution is 7.17. The van der Waals surface area contributed by atoms with Crippen molar-refractivity contribution < 1.29 is 24.2 Å². The lowest BCUT2D eigenvalue weighted by atomic mass is 10.1. The van der Waals surface area contributed by atoms with Crippen LogP contribution in [0.1, 0.15) is 16.1 Å². The number of fused-ring (bicyclic) bond motifs is 1. The van der Waals surface area contributed by atoms with E-state index in [0.717, 1.165) is 16.2 Å². The molecule has 2 aromatic rings. The predicted octanol–water partition coefficient (Wildman–Crippen LogP) is 2.73. The molecule has 0 saturated carbocycles. The molecule has 1 aromatic heterocycles. The molecule has 4 rings (SSSR count). The highest BCUT2D eigenvalue weighted by Gasteiger charge is 2.31. The molecular formula is C18H17NO5S. The summed E-state index contributed by atoms with van der Waals surface area (Å²) in [6.07, 6.45) is 0.515. The first-order chi connectivity index (χ1) is 12.1. The highest BCUT2D eigenvalue weighted by atomic mass is 32.1. The molecule has 3 heterocycles. The van der Waals surface area contributed by atoms with Crippen LogP contribution in [0.25, 0.3) is 10.4 Å². The molecule has 1 amide bonds. The number of carboxylic acid groups (broad SMARTS) is 1. The number of ether oxygens (including phenoxy) is 2. The van der Waals surface area contributed by atoms with E-state index in [1.54, 1.807) is 11.0 Å². The fourth-order valence-electron chi connectivity index (χ4n) is 3.11. The van der Waals surface area contributed by atoms with Crippen molar-refractivity contribution in [1.29, 1.82) is 0 Å². The largest absolute Gasteiger partial charge is 0.486 e. The fraction of sp³-hybridized carbons (Fsp3) is 0.333. The number of benzene rings is 1. The fourth-order valence-corrected chi connectivity index (χ4v) is 4.08. The number of thiophene rings is 1. The molecule has 1 unspecified atom stereocenters. The number of likely N-dealkylation sites (tertiary alicyclic amines) is 1. The molecule has 1 fully saturated rings. The first kappa shape index (κ1) is 16.0. The van der Waals surface area contributed by atoms with Gasteiger partial charge in [0.25, 0.3) is 5.91 Å². The molecule has 6 nitrogen and oxygen atoms in total. The number of rotatable bonds is 3. The summed E-state index contributed by atoms with van der Waals surface area (Å²) in [5, 5.41) is 9.08. The summed E-state index contributed by atoms with van der Waals surface area (Å²) >= 11 is 1.41. The highest BCUT2D eigenvalue weighted by Crippen LogP contribution is 2.37. The van der Waals surface area contributed by atoms with Gasteiger partial charge in [-0.2, -0.15) is 0 Å². The predicted molar refractivity (Wildman–Crippen MR) is 92.4 cm³/mol. The van der Waals surface area contributed by atoms with Crippen molar-refractivity contribution in [2.45, 2.75) is 6.42 Å². The number of carbonyl (C=O) groups is 2. The van der Waals surface area contributed by atoms with Crippen LogP contribution in [-0.2, 0) is 4.79 Å². The summed E-state index contributed by atoms with van der Waals surface area (Å²) in [6.45, 7) is 1.86. The molecule has 0 bridgehead atoms. The van der Waals surface area contributed by atoms with E-state index >= 15 is 0 Å². The van der Waals surface area contributed by atoms with E-state index in [1.807, 2.05) is 24.3 Å². The van der Waals surface area contributed by atoms with Gasteiger partial charge in [-0.15, -0.1) is 11.3 Å². The number of hydrogen-bond acceptors (Lipinski definition) is 5. The summed E-state index contributed by atoms with van der Waals surface area (Å²) in [6, 6.07) is 9.46. The number of hydrogen-bond donors (Lipinski definition) is 1. The van der Waals surface area contributed by atoms with E-state index in [4.69, 9.17) is 14.6 Å². The molecule has 130 valence electrons. The third-order valence-electron chi connectivity index (χ3n) is 4.47. The Bertz CT molecular complexity index is 831. The van der Waals surface area contributed by atoms with Gasteiger partial charge in [0.05, 0.1) is 10.8 Å². The minimum atomic E-state index is -0.835. The second-order valence-corrected chi connectivity index (χ2v) is 7.18. The Morgan fingerprint density at radius 1 is 1.12 bits per heavy atom. The van der Waals surface area contributed by atoms with E-state index in [0.29, 0.717) is 36.8 Å². The minimum Gasteiger partial charge on any atom is -0.486 e. The van der Waals surface area contributed by atoms with Crippen LogP contribution in [0.4, 0.5) is 0 Å². The van der Waals surface area contributed by atoms with Crippen LogP contribution in [0.5, 0.6) is 11.5 Å². The molecule has 1 aromatic carbocycles. The average Bonchev–Trinajstić information content (AvgIpc) is 3.30. The zero-order valence-electron chi connectivity index (χ0n) is 13.4. The Morgan fingerprint density at radius 3 is 2.68 bits per heavy atom. The van der Waals surface area contributed by atoms with Crippen LogP contribution in [0.2, 0.25) is 0 Å². The molecule has 0 spiro atoms. The maximum atomic E-state index is 12.6. The topological polar surface area (TPSA) is 76.1 Å². The SMILES string of the molecule is O=C(O)C1CCN(C(=O)c2ccc(-c3ccc4c(c3)OCCO4)s2)C1. The van der Waals surface area contributed by atoms with E-state index in [9.17, 15) is 9.59 Å². The summed E-state index contributed by atoms with van der Waals surface area (Å²) in [5.41, 5.74) is 0.970. The standard InChI is InChI=1S/C18H17NO5S/c20-17(19-6-5-12(10-19)18(21)22)16-4-3-15(25-16)11-1-2-13-14(9-11)24-8-7-23-13/h1-4,9,12H,5-8,10H2,(H,21,22). The summed E-state index contributed by atoms with van der Waals surface area (Å²) in [5.74, 6) is 0.0608. The van der Waals surface area contributed by atoms with E-state index in [1.165, 1.54) is 11.3 Å². The molecular weight excluding hydrogens is 342 g/mol. The van der Waals surface area contributed by atoms with Crippen molar-refractivity contribution in [2.75, 3.05) is 26.3 Å². The Balaban J connectivity index is 1.52. The molecule has 2 aliphatic heterocycles. The first-order valence-corrected chi connectivity index (χ1v) is 8.95. The van der Waals surface area contributed by atoms with Gasteiger partial charge in [-0.05, 0) is 42.3 Å². The van der Waals surface area contributed by atoms with Crippen LogP contribution in [0.15, 0.2) is 30.3 Å². The van der Waals surface area contributed by atoms with Crippen molar-refractivity contribution in [3.63, 3.8) is 0 Å². The number of aliphatic carboxylic acids is 1. The second-order valence-electron chi connectivity index (χ2n) is 6.10. The monoisotopic (exact) mass is 359 g/mol. The van der Waals surface area contributed by atoms with E-state index < -0.39 is 11.9 Å². The van der Waals surface area contributed by atoms with Gasteiger partial charge in [0.1, 0.15) is 13.2 Å². The van der Waals surface area contributed by atoms with Crippen molar-refractivity contribution in [3.05, 3.63) is 35.2 Å². The Hall–Kier alpha value is -2.54. The van der Waals surface area contributed by atoms with Gasteiger partial charge in [0, 0.05) is 18.0 Å². The quantitative estimate of drug-likeness (QED) is 0.912. The van der Waals surface area contributed by atoms with Gasteiger partial charge in [0.2, 0.25) is 0 Å². The number of nitrogens with zero attached hydrogens (tertiary/aromatic N) is 1. The smallest absolute Gasteiger partial charge is 0.308 e. The summed E-state index contributed by atoms with van der Waals surface area (Å²) in [4.78, 5) is 26.9. The van der Waals surface area contributed by atoms with Crippen molar-refractivity contribution in [3.8, 4) is 21.9 Å². The molecule has 0 aliphatic carbocycles. The van der Waals surface area contributed by atoms with Gasteiger partial charge < -0.3 is 19.5 Å². The molecule has 25 heavy (non-hydrogen) atoms. The van der Waals surface area contributed by atoms with Crippen LogP contribution < -0.4 is 9.47 Å². The van der Waals surface area contributed by atoms with Crippen LogP contribution >= 0.6 is 11.3 Å². The van der Waals surface area contributed by atoms with Gasteiger partial charge in [-0.25, -0.2) is 0 Å². The maximum Gasteiger partial charge on any atom is 0.308 e. The molecule has 2 aliphatic rings. The Kier molecular flexibility index (Phi) is 4.09. The second kappa shape index (κ2) is 6.40. The first-order valence-electron chi connectivity index (χ1n) is 8.14. The van der Waals surface area contributed by atoms with Gasteiger partial charge in [-0.1, -0.05) is 0 Å². The zero-order chi connectivity index (χ0) is 17.4. The van der Waals surface area contributed by atoms with Gasteiger partial charge >= 0.3 is 5.97 Å². The van der Waals surface area contributed by atoms with E-state index in [-0.39, 0.29) is 12.5 Å². The molecule has 7 heteroatoms. The zero-order valence-corrected chi connectivity index (χ0v) is 14.3. The number of carboxylic acids is 1. The minimum absolute atomic E-state index is 0.0995. The van der Waals surface area contributed by atoms with Crippen LogP contribution in [-0.4, -0.2) is 48.2 Å². The van der Waals surface area contributed by atoms with Crippen molar-refractivity contribution >= 4 is 23.2 Å². The maximum absolute atomic E-state index is 12.6. The average molecular weight is 359 g/mol. The lowest BCUT2D eigenvalue weighted by Crippen LogP contribution is -2.29.